The van der Waals surface area contributed by atoms with E-state index in [1.807, 2.05) is 0 Å². The fraction of sp³-hybridized carbons (Fsp3) is 0.0833. The monoisotopic (exact) mass is 268 g/mol. The summed E-state index contributed by atoms with van der Waals surface area (Å²) in [5, 5.41) is 10.7. The molecule has 0 aliphatic carbocycles. The molecule has 0 atom stereocenters. The Morgan fingerprint density at radius 2 is 1.95 bits per heavy atom. The van der Waals surface area contributed by atoms with Gasteiger partial charge in [0.2, 0.25) is 0 Å². The van der Waals surface area contributed by atoms with Crippen LogP contribution in [-0.4, -0.2) is 9.91 Å². The van der Waals surface area contributed by atoms with E-state index >= 15 is 0 Å². The molecule has 2 rings (SSSR count). The lowest BCUT2D eigenvalue weighted by Crippen LogP contribution is -1.95. The number of nitro groups is 1. The van der Waals surface area contributed by atoms with Crippen LogP contribution in [0.3, 0.4) is 0 Å². The minimum atomic E-state index is -2.82. The Bertz CT molecular complexity index is 632. The molecule has 1 heterocycles. The minimum Gasteiger partial charge on any atom is -0.261 e. The van der Waals surface area contributed by atoms with Crippen molar-refractivity contribution in [1.29, 1.82) is 0 Å². The lowest BCUT2D eigenvalue weighted by atomic mass is 10.0. The van der Waals surface area contributed by atoms with Crippen molar-refractivity contribution < 1.29 is 18.1 Å². The van der Waals surface area contributed by atoms with Crippen molar-refractivity contribution in [3.8, 4) is 11.1 Å². The van der Waals surface area contributed by atoms with Gasteiger partial charge < -0.3 is 0 Å². The summed E-state index contributed by atoms with van der Waals surface area (Å²) in [6.45, 7) is 0. The highest BCUT2D eigenvalue weighted by molar-refractivity contribution is 5.69. The SMILES string of the molecule is O=[N+]([O-])c1ccc(C(F)F)c(-c2cncc(F)c2)c1. The summed E-state index contributed by atoms with van der Waals surface area (Å²) in [6, 6.07) is 3.93. The number of pyridine rings is 1. The predicted octanol–water partition coefficient (Wildman–Crippen LogP) is 3.73. The molecule has 4 nitrogen and oxygen atoms in total. The fourth-order valence-electron chi connectivity index (χ4n) is 1.66. The molecule has 0 spiro atoms. The third kappa shape index (κ3) is 2.70. The number of aromatic nitrogens is 1. The molecule has 0 saturated carbocycles. The molecule has 0 bridgehead atoms. The van der Waals surface area contributed by atoms with Crippen molar-refractivity contribution in [2.24, 2.45) is 0 Å². The van der Waals surface area contributed by atoms with E-state index in [0.717, 1.165) is 30.5 Å². The van der Waals surface area contributed by atoms with E-state index in [9.17, 15) is 23.3 Å². The van der Waals surface area contributed by atoms with Gasteiger partial charge in [-0.1, -0.05) is 0 Å². The average Bonchev–Trinajstić information content (AvgIpc) is 2.37. The van der Waals surface area contributed by atoms with Crippen LogP contribution in [0.15, 0.2) is 36.7 Å². The molecule has 1 aromatic carbocycles. The van der Waals surface area contributed by atoms with Crippen molar-refractivity contribution in [3.05, 3.63) is 58.2 Å². The zero-order chi connectivity index (χ0) is 14.0. The van der Waals surface area contributed by atoms with Gasteiger partial charge in [-0.25, -0.2) is 13.2 Å². The van der Waals surface area contributed by atoms with Crippen LogP contribution in [-0.2, 0) is 0 Å². The zero-order valence-electron chi connectivity index (χ0n) is 9.39. The number of nitrogens with zero attached hydrogens (tertiary/aromatic N) is 2. The van der Waals surface area contributed by atoms with E-state index in [-0.39, 0.29) is 16.8 Å². The highest BCUT2D eigenvalue weighted by Crippen LogP contribution is 2.33. The second-order valence-electron chi connectivity index (χ2n) is 3.72. The molecular formula is C12H7F3N2O2. The van der Waals surface area contributed by atoms with Gasteiger partial charge in [0.25, 0.3) is 12.1 Å². The summed E-state index contributed by atoms with van der Waals surface area (Å²) in [7, 11) is 0. The highest BCUT2D eigenvalue weighted by Gasteiger charge is 2.18. The number of benzene rings is 1. The Balaban J connectivity index is 2.64. The zero-order valence-corrected chi connectivity index (χ0v) is 9.39. The number of nitro benzene ring substituents is 1. The molecule has 7 heteroatoms. The van der Waals surface area contributed by atoms with Gasteiger partial charge in [0.05, 0.1) is 11.1 Å². The number of hydrogen-bond acceptors (Lipinski definition) is 3. The maximum Gasteiger partial charge on any atom is 0.270 e. The van der Waals surface area contributed by atoms with E-state index in [4.69, 9.17) is 0 Å². The summed E-state index contributed by atoms with van der Waals surface area (Å²) in [6.07, 6.45) is -0.726. The van der Waals surface area contributed by atoms with Crippen LogP contribution >= 0.6 is 0 Å². The van der Waals surface area contributed by atoms with Gasteiger partial charge in [0, 0.05) is 29.5 Å². The van der Waals surface area contributed by atoms with E-state index in [1.165, 1.54) is 6.20 Å². The van der Waals surface area contributed by atoms with Crippen LogP contribution in [0.4, 0.5) is 18.9 Å². The van der Waals surface area contributed by atoms with Crippen molar-refractivity contribution >= 4 is 5.69 Å². The molecule has 0 unspecified atom stereocenters. The molecule has 0 N–H and O–H groups in total. The van der Waals surface area contributed by atoms with Crippen LogP contribution < -0.4 is 0 Å². The first-order valence-electron chi connectivity index (χ1n) is 5.16. The number of alkyl halides is 2. The standard InChI is InChI=1S/C12H7F3N2O2/c13-8-3-7(5-16-6-8)11-4-9(17(18)19)1-2-10(11)12(14)15/h1-6,12H. The van der Waals surface area contributed by atoms with Gasteiger partial charge in [0.15, 0.2) is 0 Å². The number of non-ortho nitro benzene ring substituents is 1. The molecule has 1 aromatic heterocycles. The maximum absolute atomic E-state index is 13.1. The summed E-state index contributed by atoms with van der Waals surface area (Å²) in [5.41, 5.74) is -0.781. The van der Waals surface area contributed by atoms with Crippen molar-refractivity contribution in [1.82, 2.24) is 4.98 Å². The summed E-state index contributed by atoms with van der Waals surface area (Å²) >= 11 is 0. The van der Waals surface area contributed by atoms with Gasteiger partial charge >= 0.3 is 0 Å². The van der Waals surface area contributed by atoms with Gasteiger partial charge in [-0.2, -0.15) is 0 Å². The third-order valence-corrected chi connectivity index (χ3v) is 2.50. The molecule has 98 valence electrons. The summed E-state index contributed by atoms with van der Waals surface area (Å²) in [5.74, 6) is -0.704. The molecule has 0 radical (unpaired) electrons. The fourth-order valence-corrected chi connectivity index (χ4v) is 1.66. The second kappa shape index (κ2) is 5.05. The van der Waals surface area contributed by atoms with E-state index in [2.05, 4.69) is 4.98 Å². The van der Waals surface area contributed by atoms with Gasteiger partial charge in [-0.05, 0) is 17.7 Å². The van der Waals surface area contributed by atoms with E-state index in [1.54, 1.807) is 0 Å². The first kappa shape index (κ1) is 13.0. The van der Waals surface area contributed by atoms with Crippen LogP contribution in [0.2, 0.25) is 0 Å². The van der Waals surface area contributed by atoms with Crippen LogP contribution in [0.25, 0.3) is 11.1 Å². The number of hydrogen-bond donors (Lipinski definition) is 0. The Labute approximate surface area is 105 Å². The Hall–Kier alpha value is -2.44. The lowest BCUT2D eigenvalue weighted by molar-refractivity contribution is -0.384. The summed E-state index contributed by atoms with van der Waals surface area (Å²) < 4.78 is 38.8. The maximum atomic E-state index is 13.1. The van der Waals surface area contributed by atoms with Crippen molar-refractivity contribution in [3.63, 3.8) is 0 Å². The van der Waals surface area contributed by atoms with Crippen molar-refractivity contribution in [2.75, 3.05) is 0 Å². The molecule has 2 aromatic rings. The molecule has 0 aliphatic rings. The number of rotatable bonds is 3. The molecule has 0 saturated heterocycles. The van der Waals surface area contributed by atoms with Crippen molar-refractivity contribution in [2.45, 2.75) is 6.43 Å². The van der Waals surface area contributed by atoms with Gasteiger partial charge in [0.1, 0.15) is 5.82 Å². The largest absolute Gasteiger partial charge is 0.270 e. The highest BCUT2D eigenvalue weighted by atomic mass is 19.3. The van der Waals surface area contributed by atoms with Gasteiger partial charge in [-0.15, -0.1) is 0 Å². The minimum absolute atomic E-state index is 0.0685. The van der Waals surface area contributed by atoms with Crippen LogP contribution in [0.1, 0.15) is 12.0 Å². The number of halogens is 3. The average molecular weight is 268 g/mol. The normalized spacial score (nSPS) is 10.7. The predicted molar refractivity (Wildman–Crippen MR) is 61.2 cm³/mol. The van der Waals surface area contributed by atoms with Crippen LogP contribution in [0, 0.1) is 15.9 Å². The van der Waals surface area contributed by atoms with Crippen LogP contribution in [0.5, 0.6) is 0 Å². The molecule has 0 amide bonds. The Morgan fingerprint density at radius 1 is 1.21 bits per heavy atom. The first-order valence-corrected chi connectivity index (χ1v) is 5.16. The molecule has 0 aliphatic heterocycles. The Kier molecular flexibility index (Phi) is 3.46. The second-order valence-corrected chi connectivity index (χ2v) is 3.72. The first-order chi connectivity index (χ1) is 8.99. The topological polar surface area (TPSA) is 56.0 Å². The lowest BCUT2D eigenvalue weighted by Gasteiger charge is -2.08. The smallest absolute Gasteiger partial charge is 0.261 e. The molecular weight excluding hydrogens is 261 g/mol. The summed E-state index contributed by atoms with van der Waals surface area (Å²) in [4.78, 5) is 13.5. The van der Waals surface area contributed by atoms with Gasteiger partial charge in [-0.3, -0.25) is 15.1 Å². The van der Waals surface area contributed by atoms with E-state index < -0.39 is 22.7 Å². The quantitative estimate of drug-likeness (QED) is 0.629. The molecule has 0 fully saturated rings. The third-order valence-electron chi connectivity index (χ3n) is 2.50. The molecule has 19 heavy (non-hydrogen) atoms. The van der Waals surface area contributed by atoms with E-state index in [0.29, 0.717) is 0 Å². The Morgan fingerprint density at radius 3 is 2.53 bits per heavy atom.